The summed E-state index contributed by atoms with van der Waals surface area (Å²) in [6.45, 7) is 0. The first-order valence-electron chi connectivity index (χ1n) is 9.11. The number of carbonyl (C=O) groups excluding carboxylic acids is 1. The molecule has 1 N–H and O–H groups in total. The molecule has 0 fully saturated rings. The van der Waals surface area contributed by atoms with Crippen molar-refractivity contribution in [3.63, 3.8) is 0 Å². The van der Waals surface area contributed by atoms with Crippen LogP contribution < -0.4 is 5.56 Å². The number of pyridine rings is 2. The lowest BCUT2D eigenvalue weighted by Gasteiger charge is -2.17. The fourth-order valence-corrected chi connectivity index (χ4v) is 3.40. The lowest BCUT2D eigenvalue weighted by molar-refractivity contribution is 0.0601. The van der Waals surface area contributed by atoms with Gasteiger partial charge in [-0.2, -0.15) is 0 Å². The number of rotatable bonds is 4. The van der Waals surface area contributed by atoms with Crippen LogP contribution in [0.5, 0.6) is 0 Å². The molecule has 4 rings (SSSR count). The molecule has 0 saturated heterocycles. The molecule has 29 heavy (non-hydrogen) atoms. The first-order valence-corrected chi connectivity index (χ1v) is 9.11. The van der Waals surface area contributed by atoms with Crippen LogP contribution in [-0.2, 0) is 4.74 Å². The average Bonchev–Trinajstić information content (AvgIpc) is 2.79. The van der Waals surface area contributed by atoms with E-state index in [9.17, 15) is 9.59 Å². The third kappa shape index (κ3) is 3.46. The number of aromatic nitrogens is 2. The van der Waals surface area contributed by atoms with Crippen molar-refractivity contribution < 1.29 is 9.53 Å². The molecule has 0 aliphatic heterocycles. The van der Waals surface area contributed by atoms with Crippen LogP contribution in [0.2, 0.25) is 0 Å². The smallest absolute Gasteiger partial charge is 0.338 e. The number of H-pyrrole nitrogens is 1. The van der Waals surface area contributed by atoms with E-state index in [2.05, 4.69) is 9.97 Å². The highest BCUT2D eigenvalue weighted by Crippen LogP contribution is 2.38. The topological polar surface area (TPSA) is 72.0 Å². The molecule has 2 aromatic carbocycles. The van der Waals surface area contributed by atoms with Gasteiger partial charge in [0, 0.05) is 23.5 Å². The van der Waals surface area contributed by atoms with Gasteiger partial charge in [-0.25, -0.2) is 4.79 Å². The fraction of sp³-hybridized carbons (Fsp3) is 0.0417. The van der Waals surface area contributed by atoms with Gasteiger partial charge in [-0.3, -0.25) is 9.78 Å². The maximum Gasteiger partial charge on any atom is 0.338 e. The Hall–Kier alpha value is -3.99. The van der Waals surface area contributed by atoms with Crippen molar-refractivity contribution in [1.29, 1.82) is 0 Å². The Bertz CT molecular complexity index is 1220. The predicted molar refractivity (Wildman–Crippen MR) is 113 cm³/mol. The number of ether oxygens (including phenoxy) is 1. The largest absolute Gasteiger partial charge is 0.465 e. The van der Waals surface area contributed by atoms with Crippen molar-refractivity contribution in [2.45, 2.75) is 0 Å². The zero-order chi connectivity index (χ0) is 20.2. The number of hydrogen-bond acceptors (Lipinski definition) is 4. The van der Waals surface area contributed by atoms with E-state index in [4.69, 9.17) is 4.74 Å². The molecule has 0 radical (unpaired) electrons. The van der Waals surface area contributed by atoms with Crippen LogP contribution in [0.15, 0.2) is 90.0 Å². The molecule has 2 aromatic heterocycles. The number of esters is 1. The molecule has 142 valence electrons. The van der Waals surface area contributed by atoms with Gasteiger partial charge >= 0.3 is 5.97 Å². The second-order valence-electron chi connectivity index (χ2n) is 6.40. The van der Waals surface area contributed by atoms with Gasteiger partial charge < -0.3 is 9.72 Å². The van der Waals surface area contributed by atoms with E-state index in [0.717, 1.165) is 11.1 Å². The van der Waals surface area contributed by atoms with Crippen LogP contribution in [0.3, 0.4) is 0 Å². The molecule has 0 amide bonds. The van der Waals surface area contributed by atoms with E-state index in [0.29, 0.717) is 27.9 Å². The summed E-state index contributed by atoms with van der Waals surface area (Å²) >= 11 is 0. The molecule has 0 atom stereocenters. The van der Waals surface area contributed by atoms with Crippen molar-refractivity contribution in [2.75, 3.05) is 7.11 Å². The molecular formula is C24H18N2O3. The first-order chi connectivity index (χ1) is 14.2. The first kappa shape index (κ1) is 18.4. The van der Waals surface area contributed by atoms with Crippen LogP contribution in [-0.4, -0.2) is 23.0 Å². The normalized spacial score (nSPS) is 10.5. The predicted octanol–water partition coefficient (Wildman–Crippen LogP) is 4.56. The summed E-state index contributed by atoms with van der Waals surface area (Å²) in [5.74, 6) is -0.466. The quantitative estimate of drug-likeness (QED) is 0.525. The zero-order valence-electron chi connectivity index (χ0n) is 15.8. The Morgan fingerprint density at radius 2 is 1.59 bits per heavy atom. The summed E-state index contributed by atoms with van der Waals surface area (Å²) in [6, 6.07) is 22.1. The van der Waals surface area contributed by atoms with Crippen LogP contribution >= 0.6 is 0 Å². The average molecular weight is 382 g/mol. The van der Waals surface area contributed by atoms with E-state index in [-0.39, 0.29) is 5.56 Å². The lowest BCUT2D eigenvalue weighted by Crippen LogP contribution is -2.13. The van der Waals surface area contributed by atoms with Crippen molar-refractivity contribution in [1.82, 2.24) is 9.97 Å². The third-order valence-electron chi connectivity index (χ3n) is 4.70. The monoisotopic (exact) mass is 382 g/mol. The lowest BCUT2D eigenvalue weighted by atomic mass is 9.88. The van der Waals surface area contributed by atoms with E-state index in [1.54, 1.807) is 24.5 Å². The zero-order valence-corrected chi connectivity index (χ0v) is 15.8. The highest BCUT2D eigenvalue weighted by molar-refractivity contribution is 6.03. The highest BCUT2D eigenvalue weighted by Gasteiger charge is 2.22. The van der Waals surface area contributed by atoms with Crippen molar-refractivity contribution in [3.8, 4) is 33.5 Å². The van der Waals surface area contributed by atoms with Crippen molar-refractivity contribution in [2.24, 2.45) is 0 Å². The van der Waals surface area contributed by atoms with E-state index >= 15 is 0 Å². The summed E-state index contributed by atoms with van der Waals surface area (Å²) in [5.41, 5.74) is 4.03. The van der Waals surface area contributed by atoms with Gasteiger partial charge in [-0.15, -0.1) is 0 Å². The number of nitrogens with zero attached hydrogens (tertiary/aromatic N) is 1. The van der Waals surface area contributed by atoms with Crippen molar-refractivity contribution in [3.05, 3.63) is 101 Å². The fourth-order valence-electron chi connectivity index (χ4n) is 3.40. The van der Waals surface area contributed by atoms with Gasteiger partial charge in [0.15, 0.2) is 0 Å². The van der Waals surface area contributed by atoms with Gasteiger partial charge in [0.2, 0.25) is 0 Å². The highest BCUT2D eigenvalue weighted by atomic mass is 16.5. The van der Waals surface area contributed by atoms with Gasteiger partial charge in [-0.05, 0) is 29.3 Å². The molecular weight excluding hydrogens is 364 g/mol. The van der Waals surface area contributed by atoms with E-state index < -0.39 is 5.97 Å². The number of aromatic amines is 1. The second-order valence-corrected chi connectivity index (χ2v) is 6.40. The van der Waals surface area contributed by atoms with E-state index in [1.165, 1.54) is 7.11 Å². The summed E-state index contributed by atoms with van der Waals surface area (Å²) in [6.07, 6.45) is 3.33. The minimum Gasteiger partial charge on any atom is -0.465 e. The van der Waals surface area contributed by atoms with Crippen molar-refractivity contribution >= 4 is 5.97 Å². The minimum atomic E-state index is -0.466. The Morgan fingerprint density at radius 3 is 2.31 bits per heavy atom. The Labute approximate surface area is 167 Å². The molecule has 0 aliphatic rings. The minimum absolute atomic E-state index is 0.245. The Morgan fingerprint density at radius 1 is 0.862 bits per heavy atom. The van der Waals surface area contributed by atoms with Crippen LogP contribution in [0.4, 0.5) is 0 Å². The third-order valence-corrected chi connectivity index (χ3v) is 4.70. The molecule has 0 bridgehead atoms. The molecule has 0 spiro atoms. The summed E-state index contributed by atoms with van der Waals surface area (Å²) in [5, 5.41) is 0. The molecule has 0 saturated carbocycles. The maximum atomic E-state index is 13.0. The van der Waals surface area contributed by atoms with Gasteiger partial charge in [0.1, 0.15) is 0 Å². The van der Waals surface area contributed by atoms with Crippen LogP contribution in [0.25, 0.3) is 33.5 Å². The molecule has 0 aliphatic carbocycles. The van der Waals surface area contributed by atoms with Gasteiger partial charge in [-0.1, -0.05) is 54.6 Å². The molecule has 5 heteroatoms. The summed E-state index contributed by atoms with van der Waals surface area (Å²) < 4.78 is 4.98. The number of nitrogens with one attached hydrogen (secondary N) is 1. The second kappa shape index (κ2) is 7.94. The number of benzene rings is 2. The summed E-state index contributed by atoms with van der Waals surface area (Å²) in [4.78, 5) is 32.7. The van der Waals surface area contributed by atoms with Gasteiger partial charge in [0.25, 0.3) is 5.56 Å². The number of hydrogen-bond donors (Lipinski definition) is 1. The maximum absolute atomic E-state index is 13.0. The molecule has 4 aromatic rings. The van der Waals surface area contributed by atoms with Crippen LogP contribution in [0.1, 0.15) is 10.4 Å². The van der Waals surface area contributed by atoms with Gasteiger partial charge in [0.05, 0.1) is 23.9 Å². The Balaban J connectivity index is 2.13. The summed E-state index contributed by atoms with van der Waals surface area (Å²) in [7, 11) is 1.34. The SMILES string of the molecule is COC(=O)c1ccccc1-c1c(-c2ccccn2)c[nH]c(=O)c1-c1ccccc1. The number of carbonyl (C=O) groups is 1. The standard InChI is InChI=1S/C24H18N2O3/c1-29-24(28)18-12-6-5-11-17(18)22-19(20-13-7-8-14-25-20)15-26-23(27)21(22)16-9-3-2-4-10-16/h2-15H,1H3,(H,26,27). The Kier molecular flexibility index (Phi) is 5.03. The number of methoxy groups -OCH3 is 1. The van der Waals surface area contributed by atoms with Crippen LogP contribution in [0, 0.1) is 0 Å². The van der Waals surface area contributed by atoms with E-state index in [1.807, 2.05) is 60.7 Å². The molecule has 2 heterocycles. The molecule has 5 nitrogen and oxygen atoms in total. The molecule has 0 unspecified atom stereocenters.